The van der Waals surface area contributed by atoms with Gasteiger partial charge in [-0.3, -0.25) is 0 Å². The molecule has 3 rings (SSSR count). The maximum Gasteiger partial charge on any atom is 0.410 e. The Morgan fingerprint density at radius 1 is 1.31 bits per heavy atom. The minimum absolute atomic E-state index is 0.359. The van der Waals surface area contributed by atoms with Gasteiger partial charge in [0, 0.05) is 18.1 Å². The lowest BCUT2D eigenvalue weighted by atomic mass is 9.89. The lowest BCUT2D eigenvalue weighted by Crippen LogP contribution is -2.47. The summed E-state index contributed by atoms with van der Waals surface area (Å²) in [5.74, 6) is 0. The zero-order valence-electron chi connectivity index (χ0n) is 15.1. The van der Waals surface area contributed by atoms with E-state index >= 15 is 0 Å². The second-order valence-electron chi connectivity index (χ2n) is 7.53. The Morgan fingerprint density at radius 3 is 2.62 bits per heavy atom. The van der Waals surface area contributed by atoms with Crippen LogP contribution in [0.1, 0.15) is 39.3 Å². The van der Waals surface area contributed by atoms with Crippen molar-refractivity contribution in [3.05, 3.63) is 41.2 Å². The van der Waals surface area contributed by atoms with Gasteiger partial charge in [0.05, 0.1) is 11.9 Å². The second-order valence-corrected chi connectivity index (χ2v) is 7.96. The molecule has 0 aliphatic carbocycles. The highest BCUT2D eigenvalue weighted by molar-refractivity contribution is 6.30. The molecular formula is C18H23ClN4O3. The van der Waals surface area contributed by atoms with Gasteiger partial charge in [0.1, 0.15) is 16.9 Å². The van der Waals surface area contributed by atoms with Gasteiger partial charge >= 0.3 is 6.09 Å². The molecule has 7 nitrogen and oxygen atoms in total. The summed E-state index contributed by atoms with van der Waals surface area (Å²) in [6.45, 7) is 6.29. The van der Waals surface area contributed by atoms with E-state index in [2.05, 4.69) is 10.3 Å². The van der Waals surface area contributed by atoms with E-state index in [0.717, 1.165) is 5.69 Å². The van der Waals surface area contributed by atoms with Crippen molar-refractivity contribution in [2.75, 3.05) is 13.1 Å². The van der Waals surface area contributed by atoms with Gasteiger partial charge in [0.2, 0.25) is 0 Å². The highest BCUT2D eigenvalue weighted by Crippen LogP contribution is 2.32. The Bertz CT molecular complexity index is 792. The van der Waals surface area contributed by atoms with E-state index in [-0.39, 0.29) is 6.09 Å². The van der Waals surface area contributed by atoms with Crippen molar-refractivity contribution in [3.63, 3.8) is 0 Å². The molecule has 1 aromatic heterocycles. The Balaban J connectivity index is 1.69. The summed E-state index contributed by atoms with van der Waals surface area (Å²) in [7, 11) is 0. The van der Waals surface area contributed by atoms with E-state index < -0.39 is 11.2 Å². The molecule has 2 heterocycles. The summed E-state index contributed by atoms with van der Waals surface area (Å²) in [4.78, 5) is 13.8. The molecule has 1 aliphatic heterocycles. The first-order chi connectivity index (χ1) is 12.2. The van der Waals surface area contributed by atoms with Crippen molar-refractivity contribution in [3.8, 4) is 5.69 Å². The Labute approximate surface area is 157 Å². The summed E-state index contributed by atoms with van der Waals surface area (Å²) in [6.07, 6.45) is 2.09. The van der Waals surface area contributed by atoms with Crippen LogP contribution in [0, 0.1) is 0 Å². The number of carbonyl (C=O) groups is 1. The third kappa shape index (κ3) is 4.16. The van der Waals surface area contributed by atoms with Crippen molar-refractivity contribution in [1.82, 2.24) is 19.9 Å². The Kier molecular flexibility index (Phi) is 4.94. The standard InChI is InChI=1S/C18H23ClN4O3/c1-17(2,3)26-16(24)22-9-7-18(25,8-10-22)15-12-23(21-20-15)14-6-4-5-13(19)11-14/h4-6,11-12,25H,7-10H2,1-3H3. The highest BCUT2D eigenvalue weighted by Gasteiger charge is 2.38. The molecular weight excluding hydrogens is 356 g/mol. The largest absolute Gasteiger partial charge is 0.444 e. The summed E-state index contributed by atoms with van der Waals surface area (Å²) in [5.41, 5.74) is -0.396. The molecule has 0 unspecified atom stereocenters. The number of likely N-dealkylation sites (tertiary alicyclic amines) is 1. The van der Waals surface area contributed by atoms with Gasteiger partial charge in [-0.05, 0) is 51.8 Å². The zero-order chi connectivity index (χ0) is 18.9. The molecule has 0 bridgehead atoms. The third-order valence-corrected chi connectivity index (χ3v) is 4.52. The molecule has 2 aromatic rings. The van der Waals surface area contributed by atoms with Gasteiger partial charge in [-0.15, -0.1) is 5.10 Å². The summed E-state index contributed by atoms with van der Waals surface area (Å²) in [5, 5.41) is 19.8. The van der Waals surface area contributed by atoms with Gasteiger partial charge in [0.15, 0.2) is 0 Å². The second kappa shape index (κ2) is 6.89. The lowest BCUT2D eigenvalue weighted by Gasteiger charge is -2.37. The average Bonchev–Trinajstić information content (AvgIpc) is 3.05. The van der Waals surface area contributed by atoms with Gasteiger partial charge in [-0.25, -0.2) is 9.48 Å². The number of amides is 1. The number of aromatic nitrogens is 3. The van der Waals surface area contributed by atoms with Gasteiger partial charge in [-0.2, -0.15) is 0 Å². The van der Waals surface area contributed by atoms with Crippen molar-refractivity contribution in [2.24, 2.45) is 0 Å². The van der Waals surface area contributed by atoms with E-state index in [1.165, 1.54) is 0 Å². The maximum absolute atomic E-state index is 12.2. The monoisotopic (exact) mass is 378 g/mol. The quantitative estimate of drug-likeness (QED) is 0.868. The van der Waals surface area contributed by atoms with Crippen LogP contribution in [0.15, 0.2) is 30.5 Å². The number of aliphatic hydroxyl groups is 1. The Hall–Kier alpha value is -2.12. The van der Waals surface area contributed by atoms with Crippen molar-refractivity contribution in [1.29, 1.82) is 0 Å². The van der Waals surface area contributed by atoms with Crippen LogP contribution < -0.4 is 0 Å². The van der Waals surface area contributed by atoms with Gasteiger partial charge in [-0.1, -0.05) is 22.9 Å². The number of ether oxygens (including phenoxy) is 1. The molecule has 1 amide bonds. The topological polar surface area (TPSA) is 80.5 Å². The van der Waals surface area contributed by atoms with Crippen molar-refractivity contribution in [2.45, 2.75) is 44.8 Å². The van der Waals surface area contributed by atoms with Crippen molar-refractivity contribution >= 4 is 17.7 Å². The SMILES string of the molecule is CC(C)(C)OC(=O)N1CCC(O)(c2cn(-c3cccc(Cl)c3)nn2)CC1. The first-order valence-electron chi connectivity index (χ1n) is 8.55. The van der Waals surface area contributed by atoms with E-state index in [9.17, 15) is 9.90 Å². The number of rotatable bonds is 2. The maximum atomic E-state index is 12.2. The summed E-state index contributed by atoms with van der Waals surface area (Å²) in [6, 6.07) is 7.24. The molecule has 140 valence electrons. The van der Waals surface area contributed by atoms with Crippen LogP contribution in [0.25, 0.3) is 5.69 Å². The fourth-order valence-electron chi connectivity index (χ4n) is 2.86. The fraction of sp³-hybridized carbons (Fsp3) is 0.500. The minimum Gasteiger partial charge on any atom is -0.444 e. The molecule has 0 radical (unpaired) electrons. The molecule has 26 heavy (non-hydrogen) atoms. The number of piperidine rings is 1. The molecule has 1 aliphatic rings. The number of benzene rings is 1. The number of hydrogen-bond donors (Lipinski definition) is 1. The number of hydrogen-bond acceptors (Lipinski definition) is 5. The smallest absolute Gasteiger partial charge is 0.410 e. The predicted molar refractivity (Wildman–Crippen MR) is 97.3 cm³/mol. The minimum atomic E-state index is -1.12. The van der Waals surface area contributed by atoms with E-state index in [1.807, 2.05) is 32.9 Å². The average molecular weight is 379 g/mol. The summed E-state index contributed by atoms with van der Waals surface area (Å²) < 4.78 is 6.97. The fourth-order valence-corrected chi connectivity index (χ4v) is 3.05. The van der Waals surface area contributed by atoms with Crippen LogP contribution >= 0.6 is 11.6 Å². The van der Waals surface area contributed by atoms with Crippen LogP contribution in [0.5, 0.6) is 0 Å². The Morgan fingerprint density at radius 2 is 2.00 bits per heavy atom. The number of nitrogens with zero attached hydrogens (tertiary/aromatic N) is 4. The van der Waals surface area contributed by atoms with E-state index in [0.29, 0.717) is 36.6 Å². The van der Waals surface area contributed by atoms with E-state index in [1.54, 1.807) is 27.9 Å². The van der Waals surface area contributed by atoms with Gasteiger partial charge in [0.25, 0.3) is 0 Å². The summed E-state index contributed by atoms with van der Waals surface area (Å²) >= 11 is 6.01. The molecule has 1 fully saturated rings. The zero-order valence-corrected chi connectivity index (χ0v) is 15.9. The normalized spacial score (nSPS) is 17.2. The molecule has 1 aromatic carbocycles. The van der Waals surface area contributed by atoms with Crippen LogP contribution in [-0.2, 0) is 10.3 Å². The number of halogens is 1. The first-order valence-corrected chi connectivity index (χ1v) is 8.93. The van der Waals surface area contributed by atoms with Crippen LogP contribution in [-0.4, -0.2) is 49.8 Å². The molecule has 0 saturated carbocycles. The van der Waals surface area contributed by atoms with Crippen LogP contribution in [0.3, 0.4) is 0 Å². The first kappa shape index (κ1) is 18.7. The molecule has 8 heteroatoms. The lowest BCUT2D eigenvalue weighted by molar-refractivity contribution is -0.0382. The molecule has 1 saturated heterocycles. The molecule has 0 atom stereocenters. The predicted octanol–water partition coefficient (Wildman–Crippen LogP) is 3.14. The number of carbonyl (C=O) groups excluding carboxylic acids is 1. The highest BCUT2D eigenvalue weighted by atomic mass is 35.5. The van der Waals surface area contributed by atoms with Crippen LogP contribution in [0.2, 0.25) is 5.02 Å². The van der Waals surface area contributed by atoms with E-state index in [4.69, 9.17) is 16.3 Å². The third-order valence-electron chi connectivity index (χ3n) is 4.29. The molecule has 1 N–H and O–H groups in total. The van der Waals surface area contributed by atoms with Gasteiger partial charge < -0.3 is 14.7 Å². The van der Waals surface area contributed by atoms with Crippen LogP contribution in [0.4, 0.5) is 4.79 Å². The van der Waals surface area contributed by atoms with Crippen molar-refractivity contribution < 1.29 is 14.6 Å². The molecule has 0 spiro atoms.